The predicted octanol–water partition coefficient (Wildman–Crippen LogP) is 5.45. The van der Waals surface area contributed by atoms with E-state index >= 15 is 0 Å². The molecule has 10 heteroatoms. The Kier molecular flexibility index (Phi) is 10.6. The lowest BCUT2D eigenvalue weighted by molar-refractivity contribution is 0.142. The van der Waals surface area contributed by atoms with Crippen LogP contribution >= 0.6 is 11.8 Å². The molecule has 0 fully saturated rings. The predicted molar refractivity (Wildman–Crippen MR) is 148 cm³/mol. The molecule has 9 nitrogen and oxygen atoms in total. The molecule has 200 valence electrons. The van der Waals surface area contributed by atoms with Gasteiger partial charge in [-0.15, -0.1) is 0 Å². The maximum Gasteiger partial charge on any atom is 0.411 e. The molecule has 2 aromatic rings. The second-order valence-corrected chi connectivity index (χ2v) is 9.60. The van der Waals surface area contributed by atoms with Crippen LogP contribution in [-0.2, 0) is 11.3 Å². The number of carbonyl (C=O) groups is 2. The van der Waals surface area contributed by atoms with Crippen LogP contribution < -0.4 is 14.8 Å². The van der Waals surface area contributed by atoms with Gasteiger partial charge in [-0.25, -0.2) is 9.80 Å². The Bertz CT molecular complexity index is 1090. The van der Waals surface area contributed by atoms with Gasteiger partial charge in [-0.05, 0) is 62.8 Å². The molecule has 1 aliphatic rings. The van der Waals surface area contributed by atoms with E-state index in [1.165, 1.54) is 16.8 Å². The number of nitrogens with zero attached hydrogens (tertiary/aromatic N) is 3. The standard InChI is InChI=1S/C27H36N4O5S/c1-6-30(7-2)14-15-35-26(32)28-22-11-8-20(9-12-22)17-31-27(33)37-18-23(29-31)21-10-13-24(34-5)25(16-21)36-19(3)4/h8-13,16,19H,6-7,14-15,17-18H2,1-5H3,(H,28,32). The van der Waals surface area contributed by atoms with Crippen molar-refractivity contribution in [3.63, 3.8) is 0 Å². The minimum Gasteiger partial charge on any atom is -0.493 e. The number of ether oxygens (including phenoxy) is 3. The van der Waals surface area contributed by atoms with Gasteiger partial charge in [0.15, 0.2) is 11.5 Å². The third-order valence-electron chi connectivity index (χ3n) is 5.71. The van der Waals surface area contributed by atoms with Crippen molar-refractivity contribution in [1.29, 1.82) is 0 Å². The van der Waals surface area contributed by atoms with Crippen LogP contribution in [0.3, 0.4) is 0 Å². The summed E-state index contributed by atoms with van der Waals surface area (Å²) in [6, 6.07) is 12.9. The summed E-state index contributed by atoms with van der Waals surface area (Å²) >= 11 is 1.21. The van der Waals surface area contributed by atoms with E-state index in [4.69, 9.17) is 14.2 Å². The van der Waals surface area contributed by atoms with E-state index in [-0.39, 0.29) is 11.3 Å². The first kappa shape index (κ1) is 28.3. The fourth-order valence-corrected chi connectivity index (χ4v) is 4.43. The number of thioether (sulfide) groups is 1. The first-order valence-electron chi connectivity index (χ1n) is 12.4. The molecule has 0 unspecified atom stereocenters. The third kappa shape index (κ3) is 8.40. The number of carbonyl (C=O) groups excluding carboxylic acids is 2. The molecule has 0 atom stereocenters. The van der Waals surface area contributed by atoms with E-state index < -0.39 is 6.09 Å². The third-order valence-corrected chi connectivity index (χ3v) is 6.59. The maximum absolute atomic E-state index is 12.6. The number of anilines is 1. The van der Waals surface area contributed by atoms with Crippen LogP contribution in [0.1, 0.15) is 38.8 Å². The molecule has 0 spiro atoms. The summed E-state index contributed by atoms with van der Waals surface area (Å²) in [5.74, 6) is 1.76. The zero-order valence-corrected chi connectivity index (χ0v) is 23.0. The van der Waals surface area contributed by atoms with Gasteiger partial charge >= 0.3 is 11.3 Å². The van der Waals surface area contributed by atoms with Gasteiger partial charge in [-0.1, -0.05) is 37.7 Å². The quantitative estimate of drug-likeness (QED) is 0.392. The summed E-state index contributed by atoms with van der Waals surface area (Å²) in [6.07, 6.45) is -0.492. The fourth-order valence-electron chi connectivity index (χ4n) is 3.69. The molecular weight excluding hydrogens is 492 g/mol. The Balaban J connectivity index is 1.62. The maximum atomic E-state index is 12.6. The van der Waals surface area contributed by atoms with Crippen molar-refractivity contribution in [3.05, 3.63) is 53.6 Å². The van der Waals surface area contributed by atoms with Gasteiger partial charge in [-0.2, -0.15) is 5.10 Å². The number of nitrogens with one attached hydrogen (secondary N) is 1. The Morgan fingerprint density at radius 3 is 2.51 bits per heavy atom. The molecule has 2 amide bonds. The van der Waals surface area contributed by atoms with Gasteiger partial charge < -0.3 is 19.1 Å². The molecule has 0 saturated carbocycles. The molecule has 3 rings (SSSR count). The summed E-state index contributed by atoms with van der Waals surface area (Å²) in [6.45, 7) is 11.2. The highest BCUT2D eigenvalue weighted by molar-refractivity contribution is 8.14. The molecule has 0 aliphatic carbocycles. The normalized spacial score (nSPS) is 13.5. The monoisotopic (exact) mass is 528 g/mol. The fraction of sp³-hybridized carbons (Fsp3) is 0.444. The second kappa shape index (κ2) is 13.9. The highest BCUT2D eigenvalue weighted by Gasteiger charge is 2.23. The highest BCUT2D eigenvalue weighted by Crippen LogP contribution is 2.31. The van der Waals surface area contributed by atoms with Crippen molar-refractivity contribution in [3.8, 4) is 11.5 Å². The molecule has 1 aliphatic heterocycles. The van der Waals surface area contributed by atoms with Crippen LogP contribution in [-0.4, -0.2) is 72.2 Å². The molecule has 2 aromatic carbocycles. The zero-order chi connectivity index (χ0) is 26.8. The Hall–Kier alpha value is -3.24. The van der Waals surface area contributed by atoms with E-state index in [1.54, 1.807) is 19.2 Å². The van der Waals surface area contributed by atoms with Gasteiger partial charge in [0.2, 0.25) is 0 Å². The summed E-state index contributed by atoms with van der Waals surface area (Å²) in [5, 5.41) is 8.70. The number of hydrogen-bond donors (Lipinski definition) is 1. The average Bonchev–Trinajstić information content (AvgIpc) is 2.88. The molecule has 37 heavy (non-hydrogen) atoms. The van der Waals surface area contributed by atoms with Crippen LogP contribution in [0.25, 0.3) is 0 Å². The first-order valence-corrected chi connectivity index (χ1v) is 13.4. The summed E-state index contributed by atoms with van der Waals surface area (Å²) in [7, 11) is 1.60. The average molecular weight is 529 g/mol. The molecule has 0 bridgehead atoms. The molecular formula is C27H36N4O5S. The number of hydrazone groups is 1. The molecule has 0 saturated heterocycles. The lowest BCUT2D eigenvalue weighted by Gasteiger charge is -2.24. The van der Waals surface area contributed by atoms with Gasteiger partial charge in [-0.3, -0.25) is 10.1 Å². The minimum atomic E-state index is -0.489. The second-order valence-electron chi connectivity index (χ2n) is 8.68. The van der Waals surface area contributed by atoms with Crippen LogP contribution in [0, 0.1) is 0 Å². The Labute approximate surface area is 223 Å². The topological polar surface area (TPSA) is 92.7 Å². The lowest BCUT2D eigenvalue weighted by Crippen LogP contribution is -2.29. The van der Waals surface area contributed by atoms with Gasteiger partial charge in [0.25, 0.3) is 0 Å². The smallest absolute Gasteiger partial charge is 0.411 e. The van der Waals surface area contributed by atoms with E-state index in [9.17, 15) is 9.59 Å². The van der Waals surface area contributed by atoms with Gasteiger partial charge in [0.1, 0.15) is 6.61 Å². The van der Waals surface area contributed by atoms with Crippen LogP contribution in [0.2, 0.25) is 0 Å². The van der Waals surface area contributed by atoms with Gasteiger partial charge in [0.05, 0.1) is 25.5 Å². The molecule has 1 N–H and O–H groups in total. The van der Waals surface area contributed by atoms with E-state index in [2.05, 4.69) is 29.2 Å². The van der Waals surface area contributed by atoms with E-state index in [0.717, 1.165) is 29.9 Å². The van der Waals surface area contributed by atoms with Crippen molar-refractivity contribution in [1.82, 2.24) is 9.91 Å². The number of benzene rings is 2. The number of likely N-dealkylation sites (N-methyl/N-ethyl adjacent to an activating group) is 1. The largest absolute Gasteiger partial charge is 0.493 e. The minimum absolute atomic E-state index is 0.00306. The summed E-state index contributed by atoms with van der Waals surface area (Å²) < 4.78 is 16.6. The number of hydrogen-bond acceptors (Lipinski definition) is 8. The van der Waals surface area contributed by atoms with Crippen molar-refractivity contribution in [2.45, 2.75) is 40.3 Å². The lowest BCUT2D eigenvalue weighted by atomic mass is 10.1. The summed E-state index contributed by atoms with van der Waals surface area (Å²) in [4.78, 5) is 26.8. The summed E-state index contributed by atoms with van der Waals surface area (Å²) in [5.41, 5.74) is 3.17. The number of amides is 2. The van der Waals surface area contributed by atoms with Gasteiger partial charge in [0, 0.05) is 23.5 Å². The molecule has 0 radical (unpaired) electrons. The van der Waals surface area contributed by atoms with Crippen molar-refractivity contribution < 1.29 is 23.8 Å². The van der Waals surface area contributed by atoms with Crippen molar-refractivity contribution in [2.75, 3.05) is 44.4 Å². The number of rotatable bonds is 12. The van der Waals surface area contributed by atoms with Crippen LogP contribution in [0.15, 0.2) is 47.6 Å². The molecule has 1 heterocycles. The highest BCUT2D eigenvalue weighted by atomic mass is 32.2. The van der Waals surface area contributed by atoms with Crippen molar-refractivity contribution >= 4 is 34.5 Å². The van der Waals surface area contributed by atoms with Crippen molar-refractivity contribution in [2.24, 2.45) is 5.10 Å². The Morgan fingerprint density at radius 1 is 1.14 bits per heavy atom. The first-order chi connectivity index (χ1) is 17.8. The van der Waals surface area contributed by atoms with E-state index in [0.29, 0.717) is 42.6 Å². The Morgan fingerprint density at radius 2 is 1.86 bits per heavy atom. The molecule has 0 aromatic heterocycles. The van der Waals surface area contributed by atoms with E-state index in [1.807, 2.05) is 44.2 Å². The van der Waals surface area contributed by atoms with Crippen LogP contribution in [0.5, 0.6) is 11.5 Å². The number of methoxy groups -OCH3 is 1. The van der Waals surface area contributed by atoms with Crippen LogP contribution in [0.4, 0.5) is 15.3 Å². The SMILES string of the molecule is CCN(CC)CCOC(=O)Nc1ccc(CN2N=C(c3ccc(OC)c(OC(C)C)c3)CSC2=O)cc1. The zero-order valence-electron chi connectivity index (χ0n) is 22.2.